The molecule has 3 heterocycles. The maximum absolute atomic E-state index is 12.5. The quantitative estimate of drug-likeness (QED) is 0.824. The van der Waals surface area contributed by atoms with Crippen molar-refractivity contribution in [3.63, 3.8) is 0 Å². The van der Waals surface area contributed by atoms with Crippen LogP contribution in [0.25, 0.3) is 11.2 Å². The molecule has 0 atom stereocenters. The Hall–Kier alpha value is -2.38. The molecule has 3 rings (SSSR count). The number of rotatable bonds is 3. The Morgan fingerprint density at radius 1 is 1.18 bits per heavy atom. The maximum atomic E-state index is 12.5. The largest absolute Gasteiger partial charge is 0.332 e. The molecule has 2 aromatic heterocycles. The van der Waals surface area contributed by atoms with E-state index in [1.54, 1.807) is 7.05 Å². The van der Waals surface area contributed by atoms with E-state index in [9.17, 15) is 9.59 Å². The van der Waals surface area contributed by atoms with Crippen molar-refractivity contribution in [2.75, 3.05) is 11.6 Å². The predicted octanol–water partition coefficient (Wildman–Crippen LogP) is 0.430. The summed E-state index contributed by atoms with van der Waals surface area (Å²) in [6, 6.07) is 0. The lowest BCUT2D eigenvalue weighted by Crippen LogP contribution is -2.38. The molecule has 0 aromatic carbocycles. The Morgan fingerprint density at radius 3 is 2.59 bits per heavy atom. The number of hydrogen-bond acceptors (Lipinski definition) is 5. The van der Waals surface area contributed by atoms with E-state index in [0.717, 1.165) is 29.7 Å². The maximum Gasteiger partial charge on any atom is 0.332 e. The van der Waals surface area contributed by atoms with Crippen LogP contribution in [0.3, 0.4) is 0 Å². The van der Waals surface area contributed by atoms with Gasteiger partial charge in [-0.05, 0) is 13.3 Å². The van der Waals surface area contributed by atoms with Crippen LogP contribution in [0.15, 0.2) is 14.7 Å². The first-order valence-electron chi connectivity index (χ1n) is 7.43. The average Bonchev–Trinajstić information content (AvgIpc) is 2.87. The van der Waals surface area contributed by atoms with Gasteiger partial charge in [-0.3, -0.25) is 18.5 Å². The third kappa shape index (κ3) is 1.98. The summed E-state index contributed by atoms with van der Waals surface area (Å²) >= 11 is 0. The first kappa shape index (κ1) is 14.6. The van der Waals surface area contributed by atoms with Crippen molar-refractivity contribution < 1.29 is 0 Å². The number of aromatic nitrogens is 4. The van der Waals surface area contributed by atoms with E-state index in [4.69, 9.17) is 0 Å². The van der Waals surface area contributed by atoms with Gasteiger partial charge < -0.3 is 0 Å². The smallest absolute Gasteiger partial charge is 0.297 e. The van der Waals surface area contributed by atoms with E-state index in [1.807, 2.05) is 16.5 Å². The van der Waals surface area contributed by atoms with Crippen LogP contribution >= 0.6 is 0 Å². The molecule has 0 amide bonds. The number of imidazole rings is 1. The van der Waals surface area contributed by atoms with Crippen LogP contribution < -0.4 is 16.3 Å². The number of nitrogens with zero attached hydrogens (tertiary/aromatic N) is 6. The Labute approximate surface area is 127 Å². The van der Waals surface area contributed by atoms with E-state index in [1.165, 1.54) is 11.6 Å². The van der Waals surface area contributed by atoms with Crippen LogP contribution in [0.4, 0.5) is 5.95 Å². The molecule has 0 fully saturated rings. The topological polar surface area (TPSA) is 77.4 Å². The highest BCUT2D eigenvalue weighted by Crippen LogP contribution is 2.23. The first-order valence-corrected chi connectivity index (χ1v) is 7.43. The average molecular weight is 304 g/mol. The van der Waals surface area contributed by atoms with E-state index < -0.39 is 0 Å². The number of aryl methyl sites for hydroxylation is 1. The molecule has 0 unspecified atom stereocenters. The fourth-order valence-corrected chi connectivity index (χ4v) is 2.75. The molecule has 0 radical (unpaired) electrons. The molecule has 118 valence electrons. The molecule has 0 spiro atoms. The van der Waals surface area contributed by atoms with Gasteiger partial charge in [-0.2, -0.15) is 10.1 Å². The Kier molecular flexibility index (Phi) is 3.38. The minimum Gasteiger partial charge on any atom is -0.297 e. The normalized spacial score (nSPS) is 14.4. The van der Waals surface area contributed by atoms with E-state index in [-0.39, 0.29) is 11.2 Å². The Balaban J connectivity index is 2.30. The van der Waals surface area contributed by atoms with Gasteiger partial charge in [-0.15, -0.1) is 0 Å². The van der Waals surface area contributed by atoms with E-state index in [2.05, 4.69) is 17.0 Å². The van der Waals surface area contributed by atoms with E-state index >= 15 is 0 Å². The minimum atomic E-state index is -0.370. The molecule has 0 saturated heterocycles. The lowest BCUT2D eigenvalue weighted by Gasteiger charge is -2.24. The van der Waals surface area contributed by atoms with Crippen molar-refractivity contribution in [2.45, 2.75) is 33.2 Å². The zero-order valence-corrected chi connectivity index (χ0v) is 13.3. The number of fused-ring (bicyclic) bond motifs is 3. The van der Waals surface area contributed by atoms with Crippen LogP contribution in [-0.4, -0.2) is 30.9 Å². The molecule has 0 bridgehead atoms. The highest BCUT2D eigenvalue weighted by molar-refractivity contribution is 5.87. The summed E-state index contributed by atoms with van der Waals surface area (Å²) in [5.41, 5.74) is 1.09. The molecule has 8 heteroatoms. The Bertz CT molecular complexity index is 885. The summed E-state index contributed by atoms with van der Waals surface area (Å²) in [4.78, 5) is 29.1. The van der Waals surface area contributed by atoms with E-state index in [0.29, 0.717) is 23.7 Å². The second kappa shape index (κ2) is 5.11. The number of hydrogen-bond donors (Lipinski definition) is 0. The SMILES string of the molecule is CCCCN1N=C(C)Cn2c1nc1c2c(=O)n(C)c(=O)n1C. The number of hydrazone groups is 1. The molecule has 0 N–H and O–H groups in total. The van der Waals surface area contributed by atoms with Gasteiger partial charge in [0, 0.05) is 20.6 Å². The molecule has 1 aliphatic heterocycles. The Morgan fingerprint density at radius 2 is 1.91 bits per heavy atom. The summed E-state index contributed by atoms with van der Waals surface area (Å²) in [6.45, 7) is 5.30. The van der Waals surface area contributed by atoms with Crippen molar-refractivity contribution in [3.05, 3.63) is 20.8 Å². The van der Waals surface area contributed by atoms with Crippen molar-refractivity contribution >= 4 is 22.8 Å². The molecule has 2 aromatic rings. The van der Waals surface area contributed by atoms with Gasteiger partial charge in [0.05, 0.1) is 12.3 Å². The lowest BCUT2D eigenvalue weighted by atomic mass is 10.3. The summed E-state index contributed by atoms with van der Waals surface area (Å²) in [6.07, 6.45) is 2.03. The third-order valence-electron chi connectivity index (χ3n) is 3.96. The molecule has 0 saturated carbocycles. The van der Waals surface area contributed by atoms with Crippen molar-refractivity contribution in [3.8, 4) is 0 Å². The fourth-order valence-electron chi connectivity index (χ4n) is 2.75. The van der Waals surface area contributed by atoms with Crippen LogP contribution in [0.1, 0.15) is 26.7 Å². The van der Waals surface area contributed by atoms with Crippen LogP contribution in [0.5, 0.6) is 0 Å². The predicted molar refractivity (Wildman–Crippen MR) is 85.6 cm³/mol. The van der Waals surface area contributed by atoms with Gasteiger partial charge in [0.2, 0.25) is 5.95 Å². The summed E-state index contributed by atoms with van der Waals surface area (Å²) in [7, 11) is 3.12. The second-order valence-electron chi connectivity index (χ2n) is 5.69. The molecule has 0 aliphatic carbocycles. The third-order valence-corrected chi connectivity index (χ3v) is 3.96. The van der Waals surface area contributed by atoms with Crippen LogP contribution in [0, 0.1) is 0 Å². The first-order chi connectivity index (χ1) is 10.5. The highest BCUT2D eigenvalue weighted by atomic mass is 16.2. The monoisotopic (exact) mass is 304 g/mol. The molecule has 1 aliphatic rings. The van der Waals surface area contributed by atoms with Gasteiger partial charge in [-0.1, -0.05) is 13.3 Å². The number of anilines is 1. The number of unbranched alkanes of at least 4 members (excludes halogenated alkanes) is 1. The van der Waals surface area contributed by atoms with Crippen molar-refractivity contribution in [2.24, 2.45) is 19.2 Å². The van der Waals surface area contributed by atoms with Crippen LogP contribution in [-0.2, 0) is 20.6 Å². The summed E-state index contributed by atoms with van der Waals surface area (Å²) < 4.78 is 4.39. The zero-order valence-electron chi connectivity index (χ0n) is 13.3. The summed E-state index contributed by atoms with van der Waals surface area (Å²) in [5, 5.41) is 6.36. The molecule has 8 nitrogen and oxygen atoms in total. The highest BCUT2D eigenvalue weighted by Gasteiger charge is 2.25. The lowest BCUT2D eigenvalue weighted by molar-refractivity contribution is 0.675. The minimum absolute atomic E-state index is 0.318. The fraction of sp³-hybridized carbons (Fsp3) is 0.571. The van der Waals surface area contributed by atoms with Gasteiger partial charge in [-0.25, -0.2) is 9.80 Å². The second-order valence-corrected chi connectivity index (χ2v) is 5.69. The zero-order chi connectivity index (χ0) is 16.0. The van der Waals surface area contributed by atoms with Crippen molar-refractivity contribution in [1.82, 2.24) is 18.7 Å². The van der Waals surface area contributed by atoms with Gasteiger partial charge >= 0.3 is 5.69 Å². The molecule has 22 heavy (non-hydrogen) atoms. The van der Waals surface area contributed by atoms with Gasteiger partial charge in [0.25, 0.3) is 5.56 Å². The van der Waals surface area contributed by atoms with Crippen molar-refractivity contribution in [1.29, 1.82) is 0 Å². The summed E-state index contributed by atoms with van der Waals surface area (Å²) in [5.74, 6) is 0.632. The standard InChI is InChI=1S/C14H20N6O2/c1-5-6-7-20-13-15-11-10(19(13)8-9(2)16-20)12(21)18(4)14(22)17(11)3/h5-8H2,1-4H3. The van der Waals surface area contributed by atoms with Crippen LogP contribution in [0.2, 0.25) is 0 Å². The van der Waals surface area contributed by atoms with Gasteiger partial charge in [0.15, 0.2) is 11.2 Å². The van der Waals surface area contributed by atoms with Gasteiger partial charge in [0.1, 0.15) is 0 Å². The molecular weight excluding hydrogens is 284 g/mol. The molecular formula is C14H20N6O2.